The number of halogens is 2. The molecule has 0 aliphatic carbocycles. The number of aldehydes is 1. The average molecular weight is 546 g/mol. The summed E-state index contributed by atoms with van der Waals surface area (Å²) in [4.78, 5) is 11.5. The Bertz CT molecular complexity index is 1160. The number of rotatable bonds is 10. The van der Waals surface area contributed by atoms with Crippen LogP contribution in [0.1, 0.15) is 34.3 Å². The third-order valence-corrected chi connectivity index (χ3v) is 6.52. The summed E-state index contributed by atoms with van der Waals surface area (Å²) in [6.45, 7) is 4.03. The molecule has 0 aromatic heterocycles. The summed E-state index contributed by atoms with van der Waals surface area (Å²) in [6.07, 6.45) is 2.62. The van der Waals surface area contributed by atoms with Crippen LogP contribution in [-0.2, 0) is 6.61 Å². The van der Waals surface area contributed by atoms with E-state index in [9.17, 15) is 4.79 Å². The van der Waals surface area contributed by atoms with Crippen LogP contribution in [0.15, 0.2) is 48.5 Å². The molecule has 0 bridgehead atoms. The Morgan fingerprint density at radius 3 is 2.62 bits per heavy atom. The molecule has 0 saturated carbocycles. The van der Waals surface area contributed by atoms with E-state index in [-0.39, 0.29) is 0 Å². The SMILES string of the molecule is Cc1c(COc2cc(OCCCCBr)c(C=O)cc2Cl)cccc1-c1ccc2c(c1)OCCO2. The Labute approximate surface area is 213 Å². The molecular weight excluding hydrogens is 520 g/mol. The van der Waals surface area contributed by atoms with Gasteiger partial charge in [-0.2, -0.15) is 0 Å². The summed E-state index contributed by atoms with van der Waals surface area (Å²) in [5.41, 5.74) is 4.69. The third kappa shape index (κ3) is 5.68. The smallest absolute Gasteiger partial charge is 0.161 e. The second-order valence-corrected chi connectivity index (χ2v) is 9.12. The lowest BCUT2D eigenvalue weighted by molar-refractivity contribution is 0.111. The van der Waals surface area contributed by atoms with Gasteiger partial charge in [-0.15, -0.1) is 0 Å². The van der Waals surface area contributed by atoms with Crippen LogP contribution in [-0.4, -0.2) is 31.4 Å². The van der Waals surface area contributed by atoms with Crippen LogP contribution in [0.5, 0.6) is 23.0 Å². The number of alkyl halides is 1. The van der Waals surface area contributed by atoms with Crippen molar-refractivity contribution in [1.29, 1.82) is 0 Å². The van der Waals surface area contributed by atoms with Gasteiger partial charge in [-0.25, -0.2) is 0 Å². The van der Waals surface area contributed by atoms with E-state index in [1.165, 1.54) is 0 Å². The van der Waals surface area contributed by atoms with Crippen molar-refractivity contribution >= 4 is 33.8 Å². The Morgan fingerprint density at radius 1 is 1.00 bits per heavy atom. The summed E-state index contributed by atoms with van der Waals surface area (Å²) in [7, 11) is 0. The lowest BCUT2D eigenvalue weighted by atomic mass is 9.96. The predicted molar refractivity (Wildman–Crippen MR) is 137 cm³/mol. The molecule has 3 aromatic rings. The molecule has 0 N–H and O–H groups in total. The summed E-state index contributed by atoms with van der Waals surface area (Å²) in [5, 5.41) is 1.28. The first kappa shape index (κ1) is 24.4. The van der Waals surface area contributed by atoms with Gasteiger partial charge in [-0.05, 0) is 60.2 Å². The summed E-state index contributed by atoms with van der Waals surface area (Å²) in [5.74, 6) is 2.49. The highest BCUT2D eigenvalue weighted by Gasteiger charge is 2.15. The van der Waals surface area contributed by atoms with Gasteiger partial charge in [-0.3, -0.25) is 4.79 Å². The zero-order valence-corrected chi connectivity index (χ0v) is 21.3. The van der Waals surface area contributed by atoms with Crippen molar-refractivity contribution in [1.82, 2.24) is 0 Å². The van der Waals surface area contributed by atoms with Gasteiger partial charge in [0.05, 0.1) is 17.2 Å². The van der Waals surface area contributed by atoms with Crippen LogP contribution in [0.3, 0.4) is 0 Å². The molecule has 1 heterocycles. The summed E-state index contributed by atoms with van der Waals surface area (Å²) in [6, 6.07) is 15.4. The van der Waals surface area contributed by atoms with Gasteiger partial charge in [0.15, 0.2) is 17.8 Å². The zero-order chi connectivity index (χ0) is 23.9. The standard InChI is InChI=1S/C27H26BrClO5/c1-18-20(5-4-6-22(18)19-7-8-24-27(14-19)33-12-11-32-24)17-34-26-15-25(31-10-3-2-9-28)21(16-30)13-23(26)29/h4-8,13-16H,2-3,9-12,17H2,1H3. The van der Waals surface area contributed by atoms with E-state index >= 15 is 0 Å². The first-order chi connectivity index (χ1) is 16.6. The molecule has 5 nitrogen and oxygen atoms in total. The largest absolute Gasteiger partial charge is 0.493 e. The number of fused-ring (bicyclic) bond motifs is 1. The Morgan fingerprint density at radius 2 is 1.82 bits per heavy atom. The molecule has 34 heavy (non-hydrogen) atoms. The first-order valence-corrected chi connectivity index (χ1v) is 12.7. The lowest BCUT2D eigenvalue weighted by Gasteiger charge is -2.20. The molecule has 7 heteroatoms. The second-order valence-electron chi connectivity index (χ2n) is 7.92. The minimum Gasteiger partial charge on any atom is -0.493 e. The van der Waals surface area contributed by atoms with Gasteiger partial charge in [0.1, 0.15) is 31.3 Å². The van der Waals surface area contributed by atoms with E-state index in [0.717, 1.165) is 58.2 Å². The van der Waals surface area contributed by atoms with Crippen LogP contribution in [0.4, 0.5) is 0 Å². The maximum atomic E-state index is 11.5. The molecule has 0 unspecified atom stereocenters. The minimum absolute atomic E-state index is 0.327. The monoisotopic (exact) mass is 544 g/mol. The highest BCUT2D eigenvalue weighted by Crippen LogP contribution is 2.37. The Kier molecular flexibility index (Phi) is 8.35. The van der Waals surface area contributed by atoms with Crippen molar-refractivity contribution in [3.05, 3.63) is 70.2 Å². The maximum Gasteiger partial charge on any atom is 0.161 e. The van der Waals surface area contributed by atoms with Crippen molar-refractivity contribution in [3.8, 4) is 34.1 Å². The van der Waals surface area contributed by atoms with E-state index in [1.807, 2.05) is 30.3 Å². The molecule has 1 aliphatic rings. The van der Waals surface area contributed by atoms with E-state index in [0.29, 0.717) is 48.5 Å². The average Bonchev–Trinajstić information content (AvgIpc) is 2.86. The number of hydrogen-bond donors (Lipinski definition) is 0. The van der Waals surface area contributed by atoms with E-state index < -0.39 is 0 Å². The van der Waals surface area contributed by atoms with Crippen molar-refractivity contribution in [3.63, 3.8) is 0 Å². The van der Waals surface area contributed by atoms with E-state index in [2.05, 4.69) is 28.9 Å². The van der Waals surface area contributed by atoms with E-state index in [1.54, 1.807) is 12.1 Å². The molecule has 178 valence electrons. The topological polar surface area (TPSA) is 54.0 Å². The lowest BCUT2D eigenvalue weighted by Crippen LogP contribution is -2.15. The van der Waals surface area contributed by atoms with Crippen LogP contribution in [0, 0.1) is 6.92 Å². The van der Waals surface area contributed by atoms with Gasteiger partial charge in [0.25, 0.3) is 0 Å². The highest BCUT2D eigenvalue weighted by molar-refractivity contribution is 9.09. The highest BCUT2D eigenvalue weighted by atomic mass is 79.9. The van der Waals surface area contributed by atoms with Crippen LogP contribution in [0.2, 0.25) is 5.02 Å². The Hall–Kier alpha value is -2.70. The third-order valence-electron chi connectivity index (χ3n) is 5.66. The van der Waals surface area contributed by atoms with Gasteiger partial charge in [-0.1, -0.05) is 51.8 Å². The Balaban J connectivity index is 1.52. The zero-order valence-electron chi connectivity index (χ0n) is 18.9. The first-order valence-electron chi connectivity index (χ1n) is 11.2. The maximum absolute atomic E-state index is 11.5. The molecule has 1 aliphatic heterocycles. The molecule has 3 aromatic carbocycles. The van der Waals surface area contributed by atoms with Crippen LogP contribution >= 0.6 is 27.5 Å². The molecule has 4 rings (SSSR count). The van der Waals surface area contributed by atoms with Crippen molar-refractivity contribution in [2.45, 2.75) is 26.4 Å². The van der Waals surface area contributed by atoms with Crippen molar-refractivity contribution in [2.75, 3.05) is 25.2 Å². The molecule has 0 radical (unpaired) electrons. The quantitative estimate of drug-likeness (QED) is 0.155. The molecule has 0 amide bonds. The van der Waals surface area contributed by atoms with Crippen molar-refractivity contribution < 1.29 is 23.7 Å². The summed E-state index contributed by atoms with van der Waals surface area (Å²) >= 11 is 9.80. The second kappa shape index (κ2) is 11.6. The minimum atomic E-state index is 0.327. The number of carbonyl (C=O) groups is 1. The number of hydrogen-bond acceptors (Lipinski definition) is 5. The number of unbranched alkanes of at least 4 members (excludes halogenated alkanes) is 1. The number of benzene rings is 3. The fourth-order valence-electron chi connectivity index (χ4n) is 3.78. The van der Waals surface area contributed by atoms with Crippen LogP contribution in [0.25, 0.3) is 11.1 Å². The molecule has 0 atom stereocenters. The number of carbonyl (C=O) groups excluding carboxylic acids is 1. The fourth-order valence-corrected chi connectivity index (χ4v) is 4.40. The number of ether oxygens (including phenoxy) is 4. The van der Waals surface area contributed by atoms with Gasteiger partial charge < -0.3 is 18.9 Å². The van der Waals surface area contributed by atoms with Crippen molar-refractivity contribution in [2.24, 2.45) is 0 Å². The van der Waals surface area contributed by atoms with Crippen LogP contribution < -0.4 is 18.9 Å². The van der Waals surface area contributed by atoms with Gasteiger partial charge in [0.2, 0.25) is 0 Å². The van der Waals surface area contributed by atoms with E-state index in [4.69, 9.17) is 30.5 Å². The molecule has 0 spiro atoms. The normalized spacial score (nSPS) is 12.3. The molecule has 0 fully saturated rings. The fraction of sp³-hybridized carbons (Fsp3) is 0.296. The predicted octanol–water partition coefficient (Wildman–Crippen LogP) is 7.03. The molecule has 0 saturated heterocycles. The van der Waals surface area contributed by atoms with Gasteiger partial charge in [0, 0.05) is 11.4 Å². The molecular formula is C27H26BrClO5. The van der Waals surface area contributed by atoms with Gasteiger partial charge >= 0.3 is 0 Å². The summed E-state index contributed by atoms with van der Waals surface area (Å²) < 4.78 is 23.3.